The van der Waals surface area contributed by atoms with E-state index in [2.05, 4.69) is 37.0 Å². The van der Waals surface area contributed by atoms with E-state index in [9.17, 15) is 0 Å². The zero-order valence-electron chi connectivity index (χ0n) is 8.45. The summed E-state index contributed by atoms with van der Waals surface area (Å²) in [5, 5.41) is 2.43. The molecule has 0 unspecified atom stereocenters. The molecule has 2 rings (SSSR count). The second-order valence-electron chi connectivity index (χ2n) is 3.31. The van der Waals surface area contributed by atoms with E-state index >= 15 is 0 Å². The highest BCUT2D eigenvalue weighted by Crippen LogP contribution is 2.33. The Balaban J connectivity index is 2.24. The molecule has 1 nitrogen and oxygen atoms in total. The molecule has 15 heavy (non-hydrogen) atoms. The quantitative estimate of drug-likeness (QED) is 0.780. The Kier molecular flexibility index (Phi) is 3.34. The average Bonchev–Trinajstić information content (AvgIpc) is 2.56. The normalized spacial score (nSPS) is 10.6. The number of halogens is 1. The van der Waals surface area contributed by atoms with Crippen molar-refractivity contribution in [3.05, 3.63) is 39.9 Å². The van der Waals surface area contributed by atoms with Crippen LogP contribution in [0.25, 0.3) is 0 Å². The molecule has 0 saturated carbocycles. The predicted molar refractivity (Wildman–Crippen MR) is 67.2 cm³/mol. The molecule has 0 N–H and O–H groups in total. The highest BCUT2D eigenvalue weighted by atomic mass is 35.5. The van der Waals surface area contributed by atoms with Gasteiger partial charge in [-0.05, 0) is 25.5 Å². The van der Waals surface area contributed by atoms with Crippen LogP contribution in [0.1, 0.15) is 11.1 Å². The van der Waals surface area contributed by atoms with Crippen LogP contribution in [0.4, 0.5) is 0 Å². The maximum absolute atomic E-state index is 5.78. The number of aromatic nitrogens is 1. The van der Waals surface area contributed by atoms with Gasteiger partial charge in [-0.1, -0.05) is 41.1 Å². The third-order valence-electron chi connectivity index (χ3n) is 1.98. The fourth-order valence-corrected chi connectivity index (χ4v) is 3.31. The molecule has 1 aromatic heterocycles. The van der Waals surface area contributed by atoms with Gasteiger partial charge in [-0.2, -0.15) is 0 Å². The summed E-state index contributed by atoms with van der Waals surface area (Å²) in [5.74, 6) is 0. The zero-order valence-corrected chi connectivity index (χ0v) is 10.8. The maximum Gasteiger partial charge on any atom is 0.156 e. The molecular weight excluding hydrogens is 246 g/mol. The third kappa shape index (κ3) is 2.74. The third-order valence-corrected chi connectivity index (χ3v) is 4.42. The Labute approximate surface area is 103 Å². The molecule has 1 heterocycles. The Bertz CT molecular complexity index is 479. The lowest BCUT2D eigenvalue weighted by atomic mass is 10.2. The zero-order chi connectivity index (χ0) is 10.8. The molecule has 78 valence electrons. The molecule has 0 atom stereocenters. The first-order valence-corrected chi connectivity index (χ1v) is 6.59. The summed E-state index contributed by atoms with van der Waals surface area (Å²) in [4.78, 5) is 5.46. The minimum atomic E-state index is 0.576. The van der Waals surface area contributed by atoms with Crippen LogP contribution in [-0.4, -0.2) is 4.98 Å². The topological polar surface area (TPSA) is 12.9 Å². The van der Waals surface area contributed by atoms with Gasteiger partial charge in [-0.15, -0.1) is 11.3 Å². The molecule has 1 aromatic carbocycles. The van der Waals surface area contributed by atoms with Crippen molar-refractivity contribution < 1.29 is 0 Å². The van der Waals surface area contributed by atoms with Crippen LogP contribution in [0.5, 0.6) is 0 Å². The van der Waals surface area contributed by atoms with E-state index in [4.69, 9.17) is 11.6 Å². The summed E-state index contributed by atoms with van der Waals surface area (Å²) in [5.41, 5.74) is 2.57. The Morgan fingerprint density at radius 2 is 2.13 bits per heavy atom. The van der Waals surface area contributed by atoms with Crippen LogP contribution in [0.2, 0.25) is 5.15 Å². The Morgan fingerprint density at radius 1 is 1.33 bits per heavy atom. The van der Waals surface area contributed by atoms with Gasteiger partial charge in [-0.3, -0.25) is 0 Å². The van der Waals surface area contributed by atoms with Gasteiger partial charge in [0.05, 0.1) is 0 Å². The lowest BCUT2D eigenvalue weighted by Crippen LogP contribution is -1.81. The van der Waals surface area contributed by atoms with E-state index in [0.717, 1.165) is 4.34 Å². The molecule has 0 fully saturated rings. The van der Waals surface area contributed by atoms with E-state index in [-0.39, 0.29) is 0 Å². The number of benzene rings is 1. The van der Waals surface area contributed by atoms with Crippen molar-refractivity contribution in [2.75, 3.05) is 0 Å². The lowest BCUT2D eigenvalue weighted by Gasteiger charge is -2.03. The number of thiazole rings is 1. The minimum Gasteiger partial charge on any atom is -0.218 e. The van der Waals surface area contributed by atoms with Crippen LogP contribution < -0.4 is 0 Å². The number of rotatable bonds is 2. The summed E-state index contributed by atoms with van der Waals surface area (Å²) < 4.78 is 0.993. The average molecular weight is 256 g/mol. The summed E-state index contributed by atoms with van der Waals surface area (Å²) in [7, 11) is 0. The van der Waals surface area contributed by atoms with Gasteiger partial charge in [-0.25, -0.2) is 4.98 Å². The second-order valence-corrected chi connectivity index (χ2v) is 5.84. The van der Waals surface area contributed by atoms with Crippen LogP contribution in [-0.2, 0) is 0 Å². The van der Waals surface area contributed by atoms with Gasteiger partial charge in [0.1, 0.15) is 5.15 Å². The highest BCUT2D eigenvalue weighted by molar-refractivity contribution is 8.01. The largest absolute Gasteiger partial charge is 0.218 e. The lowest BCUT2D eigenvalue weighted by molar-refractivity contribution is 1.22. The Hall–Kier alpha value is -0.510. The second kappa shape index (κ2) is 4.56. The summed E-state index contributed by atoms with van der Waals surface area (Å²) >= 11 is 9.02. The molecule has 0 aliphatic carbocycles. The minimum absolute atomic E-state index is 0.576. The standard InChI is InChI=1S/C11H10ClNS2/c1-7-3-4-9(8(2)5-7)15-11-13-10(12)6-14-11/h3-6H,1-2H3. The predicted octanol–water partition coefficient (Wildman–Crippen LogP) is 4.56. The summed E-state index contributed by atoms with van der Waals surface area (Å²) in [6, 6.07) is 6.42. The number of hydrogen-bond donors (Lipinski definition) is 0. The molecule has 0 bridgehead atoms. The molecule has 0 aliphatic rings. The van der Waals surface area contributed by atoms with Gasteiger partial charge in [0.25, 0.3) is 0 Å². The van der Waals surface area contributed by atoms with Crippen molar-refractivity contribution in [1.82, 2.24) is 4.98 Å². The number of hydrogen-bond acceptors (Lipinski definition) is 3. The van der Waals surface area contributed by atoms with Crippen molar-refractivity contribution >= 4 is 34.7 Å². The smallest absolute Gasteiger partial charge is 0.156 e. The Morgan fingerprint density at radius 3 is 2.73 bits per heavy atom. The van der Waals surface area contributed by atoms with Crippen LogP contribution in [0, 0.1) is 13.8 Å². The molecule has 0 radical (unpaired) electrons. The van der Waals surface area contributed by atoms with Crippen molar-refractivity contribution in [3.8, 4) is 0 Å². The van der Waals surface area contributed by atoms with Crippen molar-refractivity contribution in [2.24, 2.45) is 0 Å². The van der Waals surface area contributed by atoms with E-state index in [1.807, 2.05) is 5.38 Å². The highest BCUT2D eigenvalue weighted by Gasteiger charge is 2.04. The van der Waals surface area contributed by atoms with Gasteiger partial charge in [0, 0.05) is 10.3 Å². The molecule has 0 aliphatic heterocycles. The maximum atomic E-state index is 5.78. The van der Waals surface area contributed by atoms with Gasteiger partial charge in [0.2, 0.25) is 0 Å². The number of nitrogens with zero attached hydrogens (tertiary/aromatic N) is 1. The van der Waals surface area contributed by atoms with Crippen LogP contribution in [0.15, 0.2) is 32.8 Å². The van der Waals surface area contributed by atoms with Gasteiger partial charge >= 0.3 is 0 Å². The van der Waals surface area contributed by atoms with Crippen molar-refractivity contribution in [3.63, 3.8) is 0 Å². The van der Waals surface area contributed by atoms with E-state index in [1.54, 1.807) is 23.1 Å². The molecule has 2 aromatic rings. The van der Waals surface area contributed by atoms with E-state index in [0.29, 0.717) is 5.15 Å². The SMILES string of the molecule is Cc1ccc(Sc2nc(Cl)cs2)c(C)c1. The molecule has 0 spiro atoms. The number of aryl methyl sites for hydroxylation is 2. The first-order valence-electron chi connectivity index (χ1n) is 4.51. The summed E-state index contributed by atoms with van der Waals surface area (Å²) in [6.07, 6.45) is 0. The van der Waals surface area contributed by atoms with Gasteiger partial charge < -0.3 is 0 Å². The van der Waals surface area contributed by atoms with E-state index < -0.39 is 0 Å². The van der Waals surface area contributed by atoms with E-state index in [1.165, 1.54) is 16.0 Å². The summed E-state index contributed by atoms with van der Waals surface area (Å²) in [6.45, 7) is 4.21. The van der Waals surface area contributed by atoms with Crippen molar-refractivity contribution in [1.29, 1.82) is 0 Å². The fourth-order valence-electron chi connectivity index (χ4n) is 1.29. The molecule has 0 saturated heterocycles. The van der Waals surface area contributed by atoms with Crippen LogP contribution in [0.3, 0.4) is 0 Å². The first-order chi connectivity index (χ1) is 7.15. The first kappa shape index (κ1) is 11.0. The molecule has 4 heteroatoms. The monoisotopic (exact) mass is 255 g/mol. The molecule has 0 amide bonds. The van der Waals surface area contributed by atoms with Crippen molar-refractivity contribution in [2.45, 2.75) is 23.1 Å². The van der Waals surface area contributed by atoms with Crippen LogP contribution >= 0.6 is 34.7 Å². The van der Waals surface area contributed by atoms with Gasteiger partial charge in [0.15, 0.2) is 4.34 Å². The molecular formula is C11H10ClNS2. The fraction of sp³-hybridized carbons (Fsp3) is 0.182.